The van der Waals surface area contributed by atoms with Gasteiger partial charge < -0.3 is 9.98 Å². The Morgan fingerprint density at radius 2 is 2.18 bits per heavy atom. The van der Waals surface area contributed by atoms with Crippen molar-refractivity contribution in [3.63, 3.8) is 0 Å². The molecule has 8 heteroatoms. The first-order valence-electron chi connectivity index (χ1n) is 4.95. The predicted octanol–water partition coefficient (Wildman–Crippen LogP) is 3.25. The minimum Gasteiger partial charge on any atom is -0.321 e. The van der Waals surface area contributed by atoms with E-state index >= 15 is 0 Å². The van der Waals surface area contributed by atoms with E-state index in [9.17, 15) is 19.6 Å². The second kappa shape index (κ2) is 6.05. The van der Waals surface area contributed by atoms with Gasteiger partial charge in [-0.25, -0.2) is 0 Å². The normalized spacial score (nSPS) is 14.0. The van der Waals surface area contributed by atoms with Crippen LogP contribution in [-0.2, 0) is 4.57 Å². The molecule has 0 radical (unpaired) electrons. The standard InChI is InChI=1S/C9H13N2O4PS/c1-2-7-17-16(14,15)10-8-5-3-4-6-9(8)11(12)13/h3-6H,2,7H2,1H3,(H2,10,14,15). The van der Waals surface area contributed by atoms with Crippen LogP contribution in [-0.4, -0.2) is 15.6 Å². The number of rotatable bonds is 6. The van der Waals surface area contributed by atoms with Gasteiger partial charge in [0.15, 0.2) is 0 Å². The van der Waals surface area contributed by atoms with Crippen LogP contribution in [0.15, 0.2) is 24.3 Å². The number of anilines is 1. The lowest BCUT2D eigenvalue weighted by Gasteiger charge is -2.12. The number of nitrogens with zero attached hydrogens (tertiary/aromatic N) is 1. The number of para-hydroxylation sites is 2. The number of hydrogen-bond donors (Lipinski definition) is 2. The second-order valence-electron chi connectivity index (χ2n) is 3.24. The minimum atomic E-state index is -3.64. The van der Waals surface area contributed by atoms with Gasteiger partial charge in [-0.2, -0.15) is 0 Å². The van der Waals surface area contributed by atoms with Gasteiger partial charge in [0.25, 0.3) is 5.69 Å². The zero-order valence-electron chi connectivity index (χ0n) is 9.20. The lowest BCUT2D eigenvalue weighted by molar-refractivity contribution is -0.383. The molecule has 1 unspecified atom stereocenters. The molecule has 1 aromatic carbocycles. The molecular weight excluding hydrogens is 263 g/mol. The first-order valence-corrected chi connectivity index (χ1v) is 8.20. The maximum atomic E-state index is 11.7. The molecule has 0 aliphatic heterocycles. The highest BCUT2D eigenvalue weighted by molar-refractivity contribution is 8.56. The average molecular weight is 276 g/mol. The Morgan fingerprint density at radius 1 is 1.53 bits per heavy atom. The molecule has 0 amide bonds. The molecule has 1 aromatic rings. The molecule has 0 saturated heterocycles. The number of nitro groups is 1. The van der Waals surface area contributed by atoms with E-state index in [1.165, 1.54) is 18.2 Å². The van der Waals surface area contributed by atoms with E-state index in [1.54, 1.807) is 6.07 Å². The quantitative estimate of drug-likeness (QED) is 0.470. The molecule has 94 valence electrons. The summed E-state index contributed by atoms with van der Waals surface area (Å²) in [6.07, 6.45) is 0.758. The van der Waals surface area contributed by atoms with E-state index in [2.05, 4.69) is 5.09 Å². The molecule has 2 N–H and O–H groups in total. The van der Waals surface area contributed by atoms with Gasteiger partial charge in [-0.3, -0.25) is 14.7 Å². The van der Waals surface area contributed by atoms with Gasteiger partial charge in [0.05, 0.1) is 4.92 Å². The van der Waals surface area contributed by atoms with Crippen molar-refractivity contribution in [2.75, 3.05) is 10.8 Å². The molecule has 17 heavy (non-hydrogen) atoms. The molecular formula is C9H13N2O4PS. The van der Waals surface area contributed by atoms with Crippen LogP contribution in [0.2, 0.25) is 0 Å². The summed E-state index contributed by atoms with van der Waals surface area (Å²) < 4.78 is 11.7. The van der Waals surface area contributed by atoms with Crippen molar-refractivity contribution >= 4 is 29.5 Å². The molecule has 0 saturated carbocycles. The van der Waals surface area contributed by atoms with Gasteiger partial charge in [-0.15, -0.1) is 0 Å². The Morgan fingerprint density at radius 3 is 2.76 bits per heavy atom. The third-order valence-electron chi connectivity index (χ3n) is 1.83. The van der Waals surface area contributed by atoms with E-state index in [4.69, 9.17) is 0 Å². The SMILES string of the molecule is CCCSP(=O)(O)Nc1ccccc1[N+](=O)[O-]. The third-order valence-corrected chi connectivity index (χ3v) is 5.17. The molecule has 0 heterocycles. The van der Waals surface area contributed by atoms with E-state index in [0.29, 0.717) is 5.75 Å². The number of nitro benzene ring substituents is 1. The van der Waals surface area contributed by atoms with Crippen molar-refractivity contribution < 1.29 is 14.4 Å². The summed E-state index contributed by atoms with van der Waals surface area (Å²) in [7, 11) is 0. The third kappa shape index (κ3) is 4.38. The van der Waals surface area contributed by atoms with Crippen molar-refractivity contribution in [3.8, 4) is 0 Å². The Labute approximate surface area is 103 Å². The zero-order chi connectivity index (χ0) is 12.9. The summed E-state index contributed by atoms with van der Waals surface area (Å²) in [4.78, 5) is 19.7. The molecule has 0 bridgehead atoms. The van der Waals surface area contributed by atoms with Gasteiger partial charge in [-0.05, 0) is 23.9 Å². The van der Waals surface area contributed by atoms with Crippen molar-refractivity contribution in [2.45, 2.75) is 13.3 Å². The minimum absolute atomic E-state index is 0.0620. The average Bonchev–Trinajstić information content (AvgIpc) is 2.26. The van der Waals surface area contributed by atoms with E-state index in [0.717, 1.165) is 17.8 Å². The fourth-order valence-corrected chi connectivity index (χ4v) is 3.89. The molecule has 0 aromatic heterocycles. The Kier molecular flexibility index (Phi) is 4.99. The fourth-order valence-electron chi connectivity index (χ4n) is 1.13. The Balaban J connectivity index is 2.87. The van der Waals surface area contributed by atoms with Gasteiger partial charge in [0.1, 0.15) is 5.69 Å². The zero-order valence-corrected chi connectivity index (χ0v) is 10.9. The van der Waals surface area contributed by atoms with Crippen LogP contribution in [0, 0.1) is 10.1 Å². The first-order chi connectivity index (χ1) is 7.96. The summed E-state index contributed by atoms with van der Waals surface area (Å²) in [5.74, 6) is 0.515. The maximum Gasteiger partial charge on any atom is 0.348 e. The van der Waals surface area contributed by atoms with Crippen LogP contribution in [0.5, 0.6) is 0 Å². The Hall–Kier alpha value is -1.04. The molecule has 1 rings (SSSR count). The summed E-state index contributed by atoms with van der Waals surface area (Å²) in [5.41, 5.74) is -0.147. The van der Waals surface area contributed by atoms with Crippen molar-refractivity contribution in [3.05, 3.63) is 34.4 Å². The van der Waals surface area contributed by atoms with Gasteiger partial charge in [0, 0.05) is 11.8 Å². The summed E-state index contributed by atoms with van der Waals surface area (Å²) in [5, 5.41) is 13.0. The van der Waals surface area contributed by atoms with Crippen molar-refractivity contribution in [2.24, 2.45) is 0 Å². The molecule has 0 aliphatic carbocycles. The van der Waals surface area contributed by atoms with Crippen LogP contribution < -0.4 is 5.09 Å². The van der Waals surface area contributed by atoms with Gasteiger partial charge in [-0.1, -0.05) is 19.1 Å². The molecule has 1 atom stereocenters. The number of benzene rings is 1. The topological polar surface area (TPSA) is 92.5 Å². The monoisotopic (exact) mass is 276 g/mol. The van der Waals surface area contributed by atoms with Crippen molar-refractivity contribution in [1.82, 2.24) is 0 Å². The van der Waals surface area contributed by atoms with Crippen molar-refractivity contribution in [1.29, 1.82) is 0 Å². The summed E-state index contributed by atoms with van der Waals surface area (Å²) >= 11 is 0.871. The smallest absolute Gasteiger partial charge is 0.321 e. The second-order valence-corrected chi connectivity index (χ2v) is 7.43. The van der Waals surface area contributed by atoms with Gasteiger partial charge >= 0.3 is 6.72 Å². The highest BCUT2D eigenvalue weighted by atomic mass is 32.7. The van der Waals surface area contributed by atoms with E-state index < -0.39 is 11.6 Å². The Bertz CT molecular complexity index is 454. The number of hydrogen-bond acceptors (Lipinski definition) is 4. The van der Waals surface area contributed by atoms with Crippen LogP contribution >= 0.6 is 18.1 Å². The largest absolute Gasteiger partial charge is 0.348 e. The highest BCUT2D eigenvalue weighted by Crippen LogP contribution is 2.55. The predicted molar refractivity (Wildman–Crippen MR) is 69.3 cm³/mol. The maximum absolute atomic E-state index is 11.7. The number of nitrogens with one attached hydrogen (secondary N) is 1. The van der Waals surface area contributed by atoms with Gasteiger partial charge in [0.2, 0.25) is 0 Å². The highest BCUT2D eigenvalue weighted by Gasteiger charge is 2.22. The van der Waals surface area contributed by atoms with E-state index in [-0.39, 0.29) is 11.4 Å². The van der Waals surface area contributed by atoms with Crippen LogP contribution in [0.3, 0.4) is 0 Å². The van der Waals surface area contributed by atoms with Crippen LogP contribution in [0.1, 0.15) is 13.3 Å². The molecule has 0 fully saturated rings. The van der Waals surface area contributed by atoms with Crippen LogP contribution in [0.4, 0.5) is 11.4 Å². The lowest BCUT2D eigenvalue weighted by Crippen LogP contribution is -1.98. The summed E-state index contributed by atoms with van der Waals surface area (Å²) in [6, 6.07) is 5.77. The van der Waals surface area contributed by atoms with E-state index in [1.807, 2.05) is 6.92 Å². The fraction of sp³-hybridized carbons (Fsp3) is 0.333. The first kappa shape index (κ1) is 14.0. The summed E-state index contributed by atoms with van der Waals surface area (Å²) in [6.45, 7) is -1.75. The molecule has 0 spiro atoms. The van der Waals surface area contributed by atoms with Crippen LogP contribution in [0.25, 0.3) is 0 Å². The molecule has 0 aliphatic rings. The molecule has 6 nitrogen and oxygen atoms in total. The lowest BCUT2D eigenvalue weighted by atomic mass is 10.3.